The van der Waals surface area contributed by atoms with Crippen LogP contribution in [-0.2, 0) is 0 Å². The third-order valence-electron chi connectivity index (χ3n) is 3.58. The van der Waals surface area contributed by atoms with Crippen molar-refractivity contribution in [1.82, 2.24) is 9.55 Å². The molecule has 1 aromatic heterocycles. The molecule has 0 amide bonds. The van der Waals surface area contributed by atoms with E-state index in [0.29, 0.717) is 5.69 Å². The number of rotatable bonds is 4. The van der Waals surface area contributed by atoms with Gasteiger partial charge in [-0.25, -0.2) is 4.57 Å². The average Bonchev–Trinajstić information content (AvgIpc) is 2.63. The third-order valence-corrected chi connectivity index (χ3v) is 3.58. The highest BCUT2D eigenvalue weighted by atomic mass is 16.6. The van der Waals surface area contributed by atoms with Gasteiger partial charge < -0.3 is 11.1 Å². The number of hydrogen-bond donors (Lipinski definition) is 2. The summed E-state index contributed by atoms with van der Waals surface area (Å²) in [5, 5.41) is 23.0. The minimum Gasteiger partial charge on any atom is -0.369 e. The molecule has 9 nitrogen and oxygen atoms in total. The van der Waals surface area contributed by atoms with E-state index in [-0.39, 0.29) is 28.7 Å². The highest BCUT2D eigenvalue weighted by molar-refractivity contribution is 5.64. The maximum atomic E-state index is 12.7. The summed E-state index contributed by atoms with van der Waals surface area (Å²) in [4.78, 5) is 27.0. The van der Waals surface area contributed by atoms with E-state index in [1.165, 1.54) is 24.3 Å². The number of benzene rings is 2. The van der Waals surface area contributed by atoms with E-state index in [9.17, 15) is 20.2 Å². The maximum Gasteiger partial charge on any atom is 0.279 e. The van der Waals surface area contributed by atoms with Crippen LogP contribution in [0, 0.1) is 21.4 Å². The summed E-state index contributed by atoms with van der Waals surface area (Å²) in [6, 6.07) is 15.9. The molecule has 0 radical (unpaired) electrons. The number of hydrogen-bond acceptors (Lipinski definition) is 7. The number of anilines is 3. The second kappa shape index (κ2) is 6.74. The summed E-state index contributed by atoms with van der Waals surface area (Å²) < 4.78 is 1.03. The lowest BCUT2D eigenvalue weighted by atomic mass is 10.2. The Kier molecular flexibility index (Phi) is 4.32. The van der Waals surface area contributed by atoms with Crippen molar-refractivity contribution in [3.05, 3.63) is 80.6 Å². The Balaban J connectivity index is 2.10. The Labute approximate surface area is 147 Å². The normalized spacial score (nSPS) is 10.1. The van der Waals surface area contributed by atoms with Gasteiger partial charge in [0.2, 0.25) is 5.95 Å². The topological polar surface area (TPSA) is 140 Å². The maximum absolute atomic E-state index is 12.7. The largest absolute Gasteiger partial charge is 0.369 e. The molecule has 3 rings (SSSR count). The van der Waals surface area contributed by atoms with Crippen molar-refractivity contribution in [2.75, 3.05) is 11.1 Å². The number of nitrogens with zero attached hydrogens (tertiary/aromatic N) is 4. The zero-order chi connectivity index (χ0) is 18.7. The highest BCUT2D eigenvalue weighted by Gasteiger charge is 2.17. The number of aromatic nitrogens is 2. The Morgan fingerprint density at radius 3 is 2.38 bits per heavy atom. The van der Waals surface area contributed by atoms with Gasteiger partial charge in [0.1, 0.15) is 6.07 Å². The fourth-order valence-electron chi connectivity index (χ4n) is 2.36. The van der Waals surface area contributed by atoms with Crippen LogP contribution in [0.1, 0.15) is 5.56 Å². The molecule has 128 valence electrons. The number of non-ortho nitro benzene ring substituents is 1. The van der Waals surface area contributed by atoms with E-state index in [0.717, 1.165) is 4.57 Å². The van der Waals surface area contributed by atoms with E-state index in [4.69, 9.17) is 5.73 Å². The van der Waals surface area contributed by atoms with Crippen molar-refractivity contribution in [3.63, 3.8) is 0 Å². The molecule has 26 heavy (non-hydrogen) atoms. The van der Waals surface area contributed by atoms with Gasteiger partial charge in [0.15, 0.2) is 11.4 Å². The number of nitro groups is 1. The van der Waals surface area contributed by atoms with Crippen molar-refractivity contribution < 1.29 is 4.92 Å². The first-order valence-corrected chi connectivity index (χ1v) is 7.41. The molecule has 0 saturated heterocycles. The third kappa shape index (κ3) is 3.07. The predicted molar refractivity (Wildman–Crippen MR) is 95.3 cm³/mol. The van der Waals surface area contributed by atoms with Crippen LogP contribution >= 0.6 is 0 Å². The van der Waals surface area contributed by atoms with Crippen LogP contribution in [0.25, 0.3) is 5.69 Å². The first-order chi connectivity index (χ1) is 12.5. The Morgan fingerprint density at radius 1 is 1.15 bits per heavy atom. The van der Waals surface area contributed by atoms with E-state index in [1.807, 2.05) is 12.1 Å². The van der Waals surface area contributed by atoms with Gasteiger partial charge in [0.25, 0.3) is 11.2 Å². The molecular weight excluding hydrogens is 336 g/mol. The van der Waals surface area contributed by atoms with E-state index < -0.39 is 10.5 Å². The first kappa shape index (κ1) is 16.7. The molecule has 0 aliphatic carbocycles. The number of nitrogens with one attached hydrogen (secondary N) is 1. The summed E-state index contributed by atoms with van der Waals surface area (Å²) >= 11 is 0. The van der Waals surface area contributed by atoms with E-state index >= 15 is 0 Å². The summed E-state index contributed by atoms with van der Waals surface area (Å²) in [6.07, 6.45) is 0. The SMILES string of the molecule is N#Cc1c(Nc2ccccc2)nc(N)n(-c2ccc([N+](=O)[O-])cc2)c1=O. The van der Waals surface area contributed by atoms with Crippen LogP contribution < -0.4 is 16.6 Å². The standard InChI is InChI=1S/C17H12N6O3/c18-10-14-15(20-11-4-2-1-3-5-11)21-17(19)22(16(14)24)12-6-8-13(9-7-12)23(25)26/h1-9,20H,(H2,19,21). The van der Waals surface area contributed by atoms with Crippen molar-refractivity contribution in [3.8, 4) is 11.8 Å². The molecule has 0 aliphatic rings. The minimum absolute atomic E-state index is 0.0411. The Hall–Kier alpha value is -4.19. The molecule has 3 aromatic rings. The van der Waals surface area contributed by atoms with Crippen molar-refractivity contribution in [2.24, 2.45) is 0 Å². The predicted octanol–water partition coefficient (Wildman–Crippen LogP) is 2.34. The van der Waals surface area contributed by atoms with Crippen LogP contribution in [0.3, 0.4) is 0 Å². The van der Waals surface area contributed by atoms with Gasteiger partial charge in [-0.05, 0) is 24.3 Å². The summed E-state index contributed by atoms with van der Waals surface area (Å²) in [5.74, 6) is -0.111. The Morgan fingerprint density at radius 2 is 1.81 bits per heavy atom. The summed E-state index contributed by atoms with van der Waals surface area (Å²) in [5.41, 5.74) is 5.79. The van der Waals surface area contributed by atoms with Crippen LogP contribution in [0.15, 0.2) is 59.4 Å². The quantitative estimate of drug-likeness (QED) is 0.544. The lowest BCUT2D eigenvalue weighted by molar-refractivity contribution is -0.384. The van der Waals surface area contributed by atoms with Gasteiger partial charge in [-0.1, -0.05) is 18.2 Å². The molecule has 1 heterocycles. The van der Waals surface area contributed by atoms with Gasteiger partial charge in [-0.15, -0.1) is 0 Å². The minimum atomic E-state index is -0.674. The fraction of sp³-hybridized carbons (Fsp3) is 0. The highest BCUT2D eigenvalue weighted by Crippen LogP contribution is 2.20. The van der Waals surface area contributed by atoms with Crippen LogP contribution in [0.5, 0.6) is 0 Å². The zero-order valence-electron chi connectivity index (χ0n) is 13.3. The number of nitro benzene ring substituents is 1. The molecule has 0 saturated carbocycles. The Bertz CT molecular complexity index is 1070. The lowest BCUT2D eigenvalue weighted by Crippen LogP contribution is -2.26. The lowest BCUT2D eigenvalue weighted by Gasteiger charge is -2.13. The molecule has 0 atom stereocenters. The molecule has 3 N–H and O–H groups in total. The number of nitrogens with two attached hydrogens (primary N) is 1. The van der Waals surface area contributed by atoms with Gasteiger partial charge >= 0.3 is 0 Å². The summed E-state index contributed by atoms with van der Waals surface area (Å²) in [6.45, 7) is 0. The number of nitrogen functional groups attached to an aromatic ring is 1. The smallest absolute Gasteiger partial charge is 0.279 e. The first-order valence-electron chi connectivity index (χ1n) is 7.41. The molecule has 0 spiro atoms. The van der Waals surface area contributed by atoms with Crippen molar-refractivity contribution in [1.29, 1.82) is 5.26 Å². The second-order valence-electron chi connectivity index (χ2n) is 5.21. The van der Waals surface area contributed by atoms with E-state index in [2.05, 4.69) is 10.3 Å². The molecule has 2 aromatic carbocycles. The van der Waals surface area contributed by atoms with Gasteiger partial charge in [-0.3, -0.25) is 14.9 Å². The fourth-order valence-corrected chi connectivity index (χ4v) is 2.36. The van der Waals surface area contributed by atoms with Gasteiger partial charge in [0, 0.05) is 17.8 Å². The molecule has 0 aliphatic heterocycles. The van der Waals surface area contributed by atoms with Gasteiger partial charge in [0.05, 0.1) is 10.6 Å². The van der Waals surface area contributed by atoms with Gasteiger partial charge in [-0.2, -0.15) is 10.2 Å². The molecule has 0 bridgehead atoms. The average molecular weight is 348 g/mol. The van der Waals surface area contributed by atoms with E-state index in [1.54, 1.807) is 24.3 Å². The number of para-hydroxylation sites is 1. The number of nitriles is 1. The monoisotopic (exact) mass is 348 g/mol. The van der Waals surface area contributed by atoms with Crippen molar-refractivity contribution in [2.45, 2.75) is 0 Å². The molecule has 9 heteroatoms. The van der Waals surface area contributed by atoms with Crippen LogP contribution in [-0.4, -0.2) is 14.5 Å². The molecular formula is C17H12N6O3. The zero-order valence-corrected chi connectivity index (χ0v) is 13.3. The molecule has 0 fully saturated rings. The summed E-state index contributed by atoms with van der Waals surface area (Å²) in [7, 11) is 0. The second-order valence-corrected chi connectivity index (χ2v) is 5.21. The van der Waals surface area contributed by atoms with Crippen LogP contribution in [0.2, 0.25) is 0 Å². The van der Waals surface area contributed by atoms with Crippen molar-refractivity contribution >= 4 is 23.1 Å². The van der Waals surface area contributed by atoms with Crippen LogP contribution in [0.4, 0.5) is 23.1 Å². The molecule has 0 unspecified atom stereocenters.